The van der Waals surface area contributed by atoms with Crippen molar-refractivity contribution in [1.82, 2.24) is 14.8 Å². The van der Waals surface area contributed by atoms with E-state index in [0.29, 0.717) is 16.4 Å². The number of rotatable bonds is 4. The Hall–Kier alpha value is -2.02. The number of nitrogens with two attached hydrogens (primary N) is 1. The summed E-state index contributed by atoms with van der Waals surface area (Å²) in [5, 5.41) is 0.495. The fraction of sp³-hybridized carbons (Fsp3) is 0.0667. The van der Waals surface area contributed by atoms with Crippen molar-refractivity contribution in [3.05, 3.63) is 65.1 Å². The highest BCUT2D eigenvalue weighted by atomic mass is 35.5. The Bertz CT molecular complexity index is 819. The van der Waals surface area contributed by atoms with E-state index in [0.717, 1.165) is 10.6 Å². The van der Waals surface area contributed by atoms with Crippen molar-refractivity contribution in [3.63, 3.8) is 0 Å². The van der Waals surface area contributed by atoms with Gasteiger partial charge in [-0.25, -0.2) is 10.8 Å². The number of carbonyl (C=O) groups is 1. The van der Waals surface area contributed by atoms with Crippen molar-refractivity contribution in [2.24, 2.45) is 5.84 Å². The van der Waals surface area contributed by atoms with Crippen LogP contribution in [0.2, 0.25) is 5.02 Å². The molecule has 0 aliphatic heterocycles. The zero-order valence-corrected chi connectivity index (χ0v) is 13.1. The summed E-state index contributed by atoms with van der Waals surface area (Å²) in [6, 6.07) is 12.0. The first kappa shape index (κ1) is 14.9. The van der Waals surface area contributed by atoms with Crippen LogP contribution in [0.15, 0.2) is 53.7 Å². The number of halogens is 1. The van der Waals surface area contributed by atoms with E-state index in [1.54, 1.807) is 16.2 Å². The second kappa shape index (κ2) is 6.39. The lowest BCUT2D eigenvalue weighted by atomic mass is 10.2. The number of hydrogen-bond acceptors (Lipinski definition) is 4. The second-order valence-electron chi connectivity index (χ2n) is 4.61. The van der Waals surface area contributed by atoms with Crippen LogP contribution in [-0.4, -0.2) is 15.3 Å². The van der Waals surface area contributed by atoms with Gasteiger partial charge in [0.2, 0.25) is 0 Å². The molecule has 0 atom stereocenters. The Labute approximate surface area is 136 Å². The van der Waals surface area contributed by atoms with Gasteiger partial charge in [-0.3, -0.25) is 14.6 Å². The van der Waals surface area contributed by atoms with Crippen LogP contribution in [0.1, 0.15) is 16.1 Å². The summed E-state index contributed by atoms with van der Waals surface area (Å²) in [5.41, 5.74) is 4.20. The summed E-state index contributed by atoms with van der Waals surface area (Å²) in [4.78, 5) is 16.8. The molecule has 3 aromatic rings. The number of nitrogen functional groups attached to an aromatic ring is 1. The Morgan fingerprint density at radius 2 is 2.14 bits per heavy atom. The molecule has 0 fully saturated rings. The first-order valence-corrected chi connectivity index (χ1v) is 7.89. The standard InChI is InChI=1S/C15H13ClN4OS/c16-12-6-11(22-9-10-4-2-1-3-5-10)8-20-13(15(21)19-17)7-18-14(12)20/h1-8H,9,17H2,(H,19,21). The van der Waals surface area contributed by atoms with Crippen LogP contribution in [-0.2, 0) is 5.75 Å². The minimum absolute atomic E-state index is 0.349. The van der Waals surface area contributed by atoms with E-state index in [4.69, 9.17) is 17.4 Å². The zero-order valence-electron chi connectivity index (χ0n) is 11.5. The highest BCUT2D eigenvalue weighted by Crippen LogP contribution is 2.28. The number of nitrogens with zero attached hydrogens (tertiary/aromatic N) is 2. The van der Waals surface area contributed by atoms with E-state index in [1.807, 2.05) is 30.5 Å². The van der Waals surface area contributed by atoms with Crippen molar-refractivity contribution in [1.29, 1.82) is 0 Å². The monoisotopic (exact) mass is 332 g/mol. The Morgan fingerprint density at radius 3 is 2.86 bits per heavy atom. The molecule has 1 amide bonds. The van der Waals surface area contributed by atoms with Crippen molar-refractivity contribution in [2.75, 3.05) is 0 Å². The SMILES string of the molecule is NNC(=O)c1cnc2c(Cl)cc(SCc3ccccc3)cn12. The van der Waals surface area contributed by atoms with Gasteiger partial charge in [0.1, 0.15) is 5.69 Å². The van der Waals surface area contributed by atoms with Gasteiger partial charge in [0.25, 0.3) is 5.91 Å². The lowest BCUT2D eigenvalue weighted by molar-refractivity contribution is 0.0947. The maximum absolute atomic E-state index is 11.7. The van der Waals surface area contributed by atoms with Gasteiger partial charge in [-0.05, 0) is 11.6 Å². The maximum Gasteiger partial charge on any atom is 0.283 e. The van der Waals surface area contributed by atoms with Crippen molar-refractivity contribution in [2.45, 2.75) is 10.6 Å². The van der Waals surface area contributed by atoms with Gasteiger partial charge >= 0.3 is 0 Å². The molecular weight excluding hydrogens is 320 g/mol. The van der Waals surface area contributed by atoms with Crippen molar-refractivity contribution < 1.29 is 4.79 Å². The predicted octanol–water partition coefficient (Wildman–Crippen LogP) is 2.88. The van der Waals surface area contributed by atoms with E-state index >= 15 is 0 Å². The number of aromatic nitrogens is 2. The first-order valence-electron chi connectivity index (χ1n) is 6.53. The number of fused-ring (bicyclic) bond motifs is 1. The average Bonchev–Trinajstić information content (AvgIpc) is 2.97. The topological polar surface area (TPSA) is 72.4 Å². The number of hydrazine groups is 1. The van der Waals surface area contributed by atoms with Gasteiger partial charge in [0.15, 0.2) is 5.65 Å². The highest BCUT2D eigenvalue weighted by molar-refractivity contribution is 7.98. The lowest BCUT2D eigenvalue weighted by Crippen LogP contribution is -2.30. The Balaban J connectivity index is 1.92. The molecule has 0 unspecified atom stereocenters. The molecule has 22 heavy (non-hydrogen) atoms. The van der Waals surface area contributed by atoms with E-state index < -0.39 is 5.91 Å². The molecule has 0 bridgehead atoms. The number of hydrogen-bond donors (Lipinski definition) is 2. The Kier molecular flexibility index (Phi) is 4.33. The van der Waals surface area contributed by atoms with E-state index in [-0.39, 0.29) is 0 Å². The van der Waals surface area contributed by atoms with Gasteiger partial charge in [-0.1, -0.05) is 41.9 Å². The molecule has 3 N–H and O–H groups in total. The van der Waals surface area contributed by atoms with Crippen molar-refractivity contribution >= 4 is 34.9 Å². The minimum Gasteiger partial charge on any atom is -0.293 e. The average molecular weight is 333 g/mol. The fourth-order valence-electron chi connectivity index (χ4n) is 2.08. The van der Waals surface area contributed by atoms with Crippen LogP contribution < -0.4 is 11.3 Å². The predicted molar refractivity (Wildman–Crippen MR) is 87.9 cm³/mol. The number of pyridine rings is 1. The largest absolute Gasteiger partial charge is 0.293 e. The third kappa shape index (κ3) is 2.94. The highest BCUT2D eigenvalue weighted by Gasteiger charge is 2.14. The van der Waals surface area contributed by atoms with Crippen LogP contribution in [0.5, 0.6) is 0 Å². The molecule has 7 heteroatoms. The summed E-state index contributed by atoms with van der Waals surface area (Å²) >= 11 is 7.88. The van der Waals surface area contributed by atoms with Crippen LogP contribution >= 0.6 is 23.4 Å². The molecule has 5 nitrogen and oxygen atoms in total. The van der Waals surface area contributed by atoms with Gasteiger partial charge in [0.05, 0.1) is 11.2 Å². The first-order chi connectivity index (χ1) is 10.7. The molecule has 3 rings (SSSR count). The van der Waals surface area contributed by atoms with Crippen LogP contribution in [0.3, 0.4) is 0 Å². The molecular formula is C15H13ClN4OS. The number of imidazole rings is 1. The molecule has 0 saturated carbocycles. The molecule has 0 aliphatic rings. The normalized spacial score (nSPS) is 10.8. The van der Waals surface area contributed by atoms with E-state index in [9.17, 15) is 4.79 Å². The summed E-state index contributed by atoms with van der Waals surface area (Å²) in [7, 11) is 0. The number of thioether (sulfide) groups is 1. The van der Waals surface area contributed by atoms with Crippen LogP contribution in [0, 0.1) is 0 Å². The number of carbonyl (C=O) groups excluding carboxylic acids is 1. The quantitative estimate of drug-likeness (QED) is 0.333. The molecule has 0 aliphatic carbocycles. The number of benzene rings is 1. The van der Waals surface area contributed by atoms with Gasteiger partial charge in [-0.15, -0.1) is 11.8 Å². The smallest absolute Gasteiger partial charge is 0.283 e. The van der Waals surface area contributed by atoms with E-state index in [2.05, 4.69) is 22.5 Å². The summed E-state index contributed by atoms with van der Waals surface area (Å²) in [5.74, 6) is 5.59. The summed E-state index contributed by atoms with van der Waals surface area (Å²) < 4.78 is 1.65. The number of nitrogens with one attached hydrogen (secondary N) is 1. The third-order valence-corrected chi connectivity index (χ3v) is 4.46. The van der Waals surface area contributed by atoms with E-state index in [1.165, 1.54) is 11.8 Å². The van der Waals surface area contributed by atoms with Crippen molar-refractivity contribution in [3.8, 4) is 0 Å². The molecule has 2 heterocycles. The maximum atomic E-state index is 11.7. The number of amides is 1. The minimum atomic E-state index is -0.409. The zero-order chi connectivity index (χ0) is 15.5. The molecule has 1 aromatic carbocycles. The Morgan fingerprint density at radius 1 is 1.36 bits per heavy atom. The summed E-state index contributed by atoms with van der Waals surface area (Å²) in [6.07, 6.45) is 3.29. The molecule has 2 aromatic heterocycles. The molecule has 0 radical (unpaired) electrons. The van der Waals surface area contributed by atoms with Gasteiger partial charge in [-0.2, -0.15) is 0 Å². The van der Waals surface area contributed by atoms with Crippen LogP contribution in [0.4, 0.5) is 0 Å². The second-order valence-corrected chi connectivity index (χ2v) is 6.06. The summed E-state index contributed by atoms with van der Waals surface area (Å²) in [6.45, 7) is 0. The lowest BCUT2D eigenvalue weighted by Gasteiger charge is -2.06. The van der Waals surface area contributed by atoms with Crippen LogP contribution in [0.25, 0.3) is 5.65 Å². The molecule has 0 spiro atoms. The van der Waals surface area contributed by atoms with Gasteiger partial charge < -0.3 is 0 Å². The van der Waals surface area contributed by atoms with Gasteiger partial charge in [0, 0.05) is 16.8 Å². The third-order valence-electron chi connectivity index (χ3n) is 3.15. The molecule has 0 saturated heterocycles. The fourth-order valence-corrected chi connectivity index (χ4v) is 3.31. The molecule has 112 valence electrons.